The van der Waals surface area contributed by atoms with Crippen LogP contribution in [0.4, 0.5) is 24.8 Å². The number of fused-ring (bicyclic) bond motifs is 1. The van der Waals surface area contributed by atoms with Gasteiger partial charge in [0.15, 0.2) is 0 Å². The van der Waals surface area contributed by atoms with Gasteiger partial charge in [-0.05, 0) is 37.1 Å². The molecule has 2 heterocycles. The highest BCUT2D eigenvalue weighted by molar-refractivity contribution is 6.45. The van der Waals surface area contributed by atoms with Gasteiger partial charge in [-0.3, -0.25) is 0 Å². The SMILES string of the molecule is NC1=c2ccc(Nc3cc(C(F)(F)F)ccn3)nc2=C(Cl)CC1. The Balaban J connectivity index is 1.98. The first-order chi connectivity index (χ1) is 10.8. The number of pyridine rings is 2. The first-order valence-corrected chi connectivity index (χ1v) is 7.17. The van der Waals surface area contributed by atoms with Crippen LogP contribution in [0.15, 0.2) is 30.5 Å². The van der Waals surface area contributed by atoms with Crippen molar-refractivity contribution in [3.8, 4) is 0 Å². The van der Waals surface area contributed by atoms with Crippen LogP contribution in [-0.2, 0) is 6.18 Å². The Morgan fingerprint density at radius 3 is 2.65 bits per heavy atom. The van der Waals surface area contributed by atoms with E-state index in [0.29, 0.717) is 34.7 Å². The number of nitrogens with two attached hydrogens (primary N) is 1. The average molecular weight is 341 g/mol. The van der Waals surface area contributed by atoms with E-state index in [4.69, 9.17) is 17.3 Å². The van der Waals surface area contributed by atoms with Gasteiger partial charge in [-0.25, -0.2) is 9.97 Å². The molecule has 0 saturated heterocycles. The monoisotopic (exact) mass is 340 g/mol. The summed E-state index contributed by atoms with van der Waals surface area (Å²) in [5, 5.41) is 4.64. The Morgan fingerprint density at radius 1 is 1.13 bits per heavy atom. The van der Waals surface area contributed by atoms with E-state index in [1.165, 1.54) is 0 Å². The van der Waals surface area contributed by atoms with Crippen LogP contribution in [0, 0.1) is 0 Å². The highest BCUT2D eigenvalue weighted by atomic mass is 35.5. The minimum Gasteiger partial charge on any atom is -0.401 e. The Kier molecular flexibility index (Phi) is 3.89. The third kappa shape index (κ3) is 3.24. The normalized spacial score (nSPS) is 14.6. The number of hydrogen-bond acceptors (Lipinski definition) is 4. The summed E-state index contributed by atoms with van der Waals surface area (Å²) in [7, 11) is 0. The number of nitrogens with zero attached hydrogens (tertiary/aromatic N) is 2. The summed E-state index contributed by atoms with van der Waals surface area (Å²) >= 11 is 6.17. The molecule has 0 bridgehead atoms. The molecule has 3 N–H and O–H groups in total. The fraction of sp³-hybridized carbons (Fsp3) is 0.200. The summed E-state index contributed by atoms with van der Waals surface area (Å²) in [5.41, 5.74) is 5.84. The second-order valence-corrected chi connectivity index (χ2v) is 5.53. The lowest BCUT2D eigenvalue weighted by Gasteiger charge is -2.12. The molecule has 0 amide bonds. The molecule has 120 valence electrons. The maximum absolute atomic E-state index is 12.7. The summed E-state index contributed by atoms with van der Waals surface area (Å²) in [6.07, 6.45) is -2.08. The van der Waals surface area contributed by atoms with Crippen molar-refractivity contribution in [2.75, 3.05) is 5.32 Å². The van der Waals surface area contributed by atoms with Gasteiger partial charge in [0.1, 0.15) is 11.6 Å². The lowest BCUT2D eigenvalue weighted by atomic mass is 10.1. The summed E-state index contributed by atoms with van der Waals surface area (Å²) in [6, 6.07) is 5.21. The molecule has 0 aliphatic heterocycles. The summed E-state index contributed by atoms with van der Waals surface area (Å²) in [4.78, 5) is 8.20. The third-order valence-corrected chi connectivity index (χ3v) is 3.82. The van der Waals surface area contributed by atoms with Crippen LogP contribution in [0.5, 0.6) is 0 Å². The van der Waals surface area contributed by atoms with Crippen LogP contribution < -0.4 is 21.6 Å². The zero-order valence-corrected chi connectivity index (χ0v) is 12.5. The molecule has 0 spiro atoms. The lowest BCUT2D eigenvalue weighted by Crippen LogP contribution is -2.36. The predicted molar refractivity (Wildman–Crippen MR) is 82.1 cm³/mol. The molecule has 0 radical (unpaired) electrons. The van der Waals surface area contributed by atoms with Crippen molar-refractivity contribution < 1.29 is 13.2 Å². The molecule has 0 fully saturated rings. The van der Waals surface area contributed by atoms with Crippen LogP contribution in [0.2, 0.25) is 0 Å². The van der Waals surface area contributed by atoms with Gasteiger partial charge < -0.3 is 11.1 Å². The molecule has 8 heteroatoms. The zero-order valence-electron chi connectivity index (χ0n) is 11.8. The number of alkyl halides is 3. The molecule has 2 aromatic rings. The maximum Gasteiger partial charge on any atom is 0.416 e. The fourth-order valence-corrected chi connectivity index (χ4v) is 2.54. The van der Waals surface area contributed by atoms with Crippen LogP contribution in [0.25, 0.3) is 10.7 Å². The topological polar surface area (TPSA) is 63.8 Å². The van der Waals surface area contributed by atoms with Gasteiger partial charge >= 0.3 is 6.18 Å². The zero-order chi connectivity index (χ0) is 16.6. The Bertz CT molecular complexity index is 877. The van der Waals surface area contributed by atoms with Gasteiger partial charge in [-0.1, -0.05) is 11.6 Å². The van der Waals surface area contributed by atoms with Gasteiger partial charge in [0.05, 0.1) is 10.9 Å². The first-order valence-electron chi connectivity index (χ1n) is 6.79. The van der Waals surface area contributed by atoms with Crippen molar-refractivity contribution >= 4 is 34.0 Å². The summed E-state index contributed by atoms with van der Waals surface area (Å²) in [6.45, 7) is 0. The van der Waals surface area contributed by atoms with E-state index in [-0.39, 0.29) is 5.82 Å². The molecule has 1 aliphatic rings. The molecule has 4 nitrogen and oxygen atoms in total. The van der Waals surface area contributed by atoms with Crippen molar-refractivity contribution in [2.24, 2.45) is 5.73 Å². The molecular weight excluding hydrogens is 329 g/mol. The molecule has 0 atom stereocenters. The van der Waals surface area contributed by atoms with Crippen molar-refractivity contribution in [3.63, 3.8) is 0 Å². The molecule has 0 saturated carbocycles. The average Bonchev–Trinajstić information content (AvgIpc) is 2.51. The quantitative estimate of drug-likeness (QED) is 0.881. The van der Waals surface area contributed by atoms with Gasteiger partial charge in [-0.15, -0.1) is 0 Å². The van der Waals surface area contributed by atoms with E-state index in [9.17, 15) is 13.2 Å². The number of hydrogen-bond donors (Lipinski definition) is 2. The van der Waals surface area contributed by atoms with E-state index < -0.39 is 11.7 Å². The predicted octanol–water partition coefficient (Wildman–Crippen LogP) is 2.45. The molecule has 2 aromatic heterocycles. The Hall–Kier alpha value is -2.28. The van der Waals surface area contributed by atoms with E-state index >= 15 is 0 Å². The molecule has 0 aromatic carbocycles. The highest BCUT2D eigenvalue weighted by Crippen LogP contribution is 2.30. The van der Waals surface area contributed by atoms with Crippen molar-refractivity contribution in [3.05, 3.63) is 46.6 Å². The smallest absolute Gasteiger partial charge is 0.401 e. The maximum atomic E-state index is 12.7. The van der Waals surface area contributed by atoms with Gasteiger partial charge in [0.25, 0.3) is 0 Å². The number of anilines is 2. The van der Waals surface area contributed by atoms with Gasteiger partial charge in [-0.2, -0.15) is 13.2 Å². The van der Waals surface area contributed by atoms with E-state index in [1.807, 2.05) is 0 Å². The molecule has 23 heavy (non-hydrogen) atoms. The molecule has 3 rings (SSSR count). The number of nitrogens with one attached hydrogen (secondary N) is 1. The number of rotatable bonds is 2. The third-order valence-electron chi connectivity index (χ3n) is 3.46. The second-order valence-electron chi connectivity index (χ2n) is 5.08. The standard InChI is InChI=1S/C15H12ClF3N4/c16-10-2-3-11(20)9-1-4-12(23-14(9)10)22-13-7-8(5-6-21-13)15(17,18)19/h1,4-7H,2-3,20H2,(H,21,22,23). The van der Waals surface area contributed by atoms with Crippen LogP contribution in [0.1, 0.15) is 18.4 Å². The van der Waals surface area contributed by atoms with Crippen molar-refractivity contribution in [2.45, 2.75) is 19.0 Å². The Labute approximate surface area is 134 Å². The largest absolute Gasteiger partial charge is 0.416 e. The van der Waals surface area contributed by atoms with E-state index in [0.717, 1.165) is 23.5 Å². The van der Waals surface area contributed by atoms with Crippen molar-refractivity contribution in [1.82, 2.24) is 9.97 Å². The number of halogens is 4. The molecule has 1 aliphatic carbocycles. The summed E-state index contributed by atoms with van der Waals surface area (Å²) in [5.74, 6) is 0.402. The number of aromatic nitrogens is 2. The summed E-state index contributed by atoms with van der Waals surface area (Å²) < 4.78 is 38.2. The van der Waals surface area contributed by atoms with Gasteiger partial charge in [0.2, 0.25) is 0 Å². The molecule has 0 unspecified atom stereocenters. The van der Waals surface area contributed by atoms with Crippen LogP contribution in [-0.4, -0.2) is 9.97 Å². The van der Waals surface area contributed by atoms with E-state index in [1.54, 1.807) is 12.1 Å². The van der Waals surface area contributed by atoms with Crippen LogP contribution >= 0.6 is 11.6 Å². The highest BCUT2D eigenvalue weighted by Gasteiger charge is 2.30. The van der Waals surface area contributed by atoms with Crippen LogP contribution in [0.3, 0.4) is 0 Å². The van der Waals surface area contributed by atoms with Crippen molar-refractivity contribution in [1.29, 1.82) is 0 Å². The fourth-order valence-electron chi connectivity index (χ4n) is 2.30. The lowest BCUT2D eigenvalue weighted by molar-refractivity contribution is -0.137. The molecular formula is C15H12ClF3N4. The van der Waals surface area contributed by atoms with E-state index in [2.05, 4.69) is 15.3 Å². The minimum absolute atomic E-state index is 0.0520. The minimum atomic E-state index is -4.43. The Morgan fingerprint density at radius 2 is 1.91 bits per heavy atom. The van der Waals surface area contributed by atoms with Gasteiger partial charge in [0, 0.05) is 22.1 Å². The first kappa shape index (κ1) is 15.6. The second kappa shape index (κ2) is 5.73.